The van der Waals surface area contributed by atoms with Gasteiger partial charge in [0.05, 0.1) is 32.4 Å². The topological polar surface area (TPSA) is 38.8 Å². The number of benzene rings is 2. The van der Waals surface area contributed by atoms with Crippen LogP contribution in [0.5, 0.6) is 5.75 Å². The van der Waals surface area contributed by atoms with Gasteiger partial charge in [-0.2, -0.15) is 0 Å². The molecule has 4 heteroatoms. The van der Waals surface area contributed by atoms with Crippen molar-refractivity contribution < 1.29 is 14.3 Å². The van der Waals surface area contributed by atoms with Crippen LogP contribution in [0.3, 0.4) is 0 Å². The first-order valence-electron chi connectivity index (χ1n) is 8.25. The normalized spacial score (nSPS) is 20.7. The summed E-state index contributed by atoms with van der Waals surface area (Å²) in [6.07, 6.45) is 0. The SMILES string of the molecule is COc1ccc(C(=O)N2C(C)COCC2C)cc1-c1ccccc1. The average Bonchev–Trinajstić information content (AvgIpc) is 2.61. The Hall–Kier alpha value is -2.33. The lowest BCUT2D eigenvalue weighted by atomic mass is 10.0. The molecule has 2 aromatic rings. The molecule has 0 saturated carbocycles. The Kier molecular flexibility index (Phi) is 4.86. The van der Waals surface area contributed by atoms with E-state index in [0.717, 1.165) is 16.9 Å². The van der Waals surface area contributed by atoms with Gasteiger partial charge in [-0.25, -0.2) is 0 Å². The van der Waals surface area contributed by atoms with E-state index in [1.165, 1.54) is 0 Å². The standard InChI is InChI=1S/C20H23NO3/c1-14-12-24-13-15(2)21(14)20(22)17-9-10-19(23-3)18(11-17)16-7-5-4-6-8-16/h4-11,14-15H,12-13H2,1-3H3. The molecule has 0 N–H and O–H groups in total. The number of methoxy groups -OCH3 is 1. The Bertz CT molecular complexity index is 704. The van der Waals surface area contributed by atoms with Crippen molar-refractivity contribution in [2.75, 3.05) is 20.3 Å². The molecule has 4 nitrogen and oxygen atoms in total. The van der Waals surface area contributed by atoms with Crippen LogP contribution in [0.25, 0.3) is 11.1 Å². The van der Waals surface area contributed by atoms with Crippen molar-refractivity contribution in [2.45, 2.75) is 25.9 Å². The van der Waals surface area contributed by atoms with Crippen LogP contribution in [0.2, 0.25) is 0 Å². The summed E-state index contributed by atoms with van der Waals surface area (Å²) in [7, 11) is 1.65. The van der Waals surface area contributed by atoms with Gasteiger partial charge >= 0.3 is 0 Å². The van der Waals surface area contributed by atoms with E-state index in [4.69, 9.17) is 9.47 Å². The van der Waals surface area contributed by atoms with E-state index in [-0.39, 0.29) is 18.0 Å². The van der Waals surface area contributed by atoms with Crippen LogP contribution in [0.15, 0.2) is 48.5 Å². The third-order valence-electron chi connectivity index (χ3n) is 4.43. The summed E-state index contributed by atoms with van der Waals surface area (Å²) in [6, 6.07) is 15.7. The van der Waals surface area contributed by atoms with Crippen molar-refractivity contribution in [1.29, 1.82) is 0 Å². The molecule has 1 amide bonds. The summed E-state index contributed by atoms with van der Waals surface area (Å²) >= 11 is 0. The molecule has 2 aromatic carbocycles. The highest BCUT2D eigenvalue weighted by Crippen LogP contribution is 2.31. The van der Waals surface area contributed by atoms with Crippen LogP contribution >= 0.6 is 0 Å². The molecule has 0 aromatic heterocycles. The highest BCUT2D eigenvalue weighted by molar-refractivity contribution is 5.96. The Morgan fingerprint density at radius 2 is 1.75 bits per heavy atom. The molecule has 1 fully saturated rings. The van der Waals surface area contributed by atoms with Gasteiger partial charge in [0, 0.05) is 11.1 Å². The third-order valence-corrected chi connectivity index (χ3v) is 4.43. The van der Waals surface area contributed by atoms with Crippen molar-refractivity contribution in [3.63, 3.8) is 0 Å². The zero-order valence-electron chi connectivity index (χ0n) is 14.4. The lowest BCUT2D eigenvalue weighted by Gasteiger charge is -2.38. The van der Waals surface area contributed by atoms with E-state index in [0.29, 0.717) is 18.8 Å². The maximum atomic E-state index is 13.0. The molecule has 1 aliphatic rings. The lowest BCUT2D eigenvalue weighted by Crippen LogP contribution is -2.52. The highest BCUT2D eigenvalue weighted by Gasteiger charge is 2.30. The van der Waals surface area contributed by atoms with Gasteiger partial charge < -0.3 is 14.4 Å². The Balaban J connectivity index is 1.98. The predicted octanol–water partition coefficient (Wildman–Crippen LogP) is 3.61. The van der Waals surface area contributed by atoms with Crippen LogP contribution in [-0.4, -0.2) is 43.2 Å². The van der Waals surface area contributed by atoms with Gasteiger partial charge in [-0.05, 0) is 37.6 Å². The Labute approximate surface area is 143 Å². The molecule has 3 rings (SSSR count). The maximum absolute atomic E-state index is 13.0. The van der Waals surface area contributed by atoms with Crippen molar-refractivity contribution in [1.82, 2.24) is 4.90 Å². The van der Waals surface area contributed by atoms with Crippen molar-refractivity contribution in [2.24, 2.45) is 0 Å². The minimum atomic E-state index is 0.0399. The van der Waals surface area contributed by atoms with Gasteiger partial charge in [-0.3, -0.25) is 4.79 Å². The molecule has 0 aliphatic carbocycles. The van der Waals surface area contributed by atoms with E-state index in [9.17, 15) is 4.79 Å². The van der Waals surface area contributed by atoms with Gasteiger partial charge in [0.15, 0.2) is 0 Å². The fourth-order valence-electron chi connectivity index (χ4n) is 3.24. The highest BCUT2D eigenvalue weighted by atomic mass is 16.5. The number of morpholine rings is 1. The number of carbonyl (C=O) groups excluding carboxylic acids is 1. The zero-order valence-corrected chi connectivity index (χ0v) is 14.4. The number of hydrogen-bond acceptors (Lipinski definition) is 3. The van der Waals surface area contributed by atoms with Crippen LogP contribution < -0.4 is 4.74 Å². The summed E-state index contributed by atoms with van der Waals surface area (Å²) in [5.41, 5.74) is 2.64. The summed E-state index contributed by atoms with van der Waals surface area (Å²) < 4.78 is 11.0. The van der Waals surface area contributed by atoms with E-state index in [1.807, 2.05) is 67.3 Å². The fraction of sp³-hybridized carbons (Fsp3) is 0.350. The number of rotatable bonds is 3. The second-order valence-electron chi connectivity index (χ2n) is 6.23. The predicted molar refractivity (Wildman–Crippen MR) is 94.3 cm³/mol. The monoisotopic (exact) mass is 325 g/mol. The molecular formula is C20H23NO3. The number of ether oxygens (including phenoxy) is 2. The number of carbonyl (C=O) groups is 1. The van der Waals surface area contributed by atoms with Gasteiger partial charge in [0.1, 0.15) is 5.75 Å². The molecule has 2 atom stereocenters. The molecule has 2 unspecified atom stereocenters. The van der Waals surface area contributed by atoms with Crippen LogP contribution in [0.1, 0.15) is 24.2 Å². The molecule has 0 radical (unpaired) electrons. The first-order valence-corrected chi connectivity index (χ1v) is 8.25. The summed E-state index contributed by atoms with van der Waals surface area (Å²) in [6.45, 7) is 5.21. The molecule has 0 bridgehead atoms. The van der Waals surface area contributed by atoms with Gasteiger partial charge in [0.25, 0.3) is 5.91 Å². The lowest BCUT2D eigenvalue weighted by molar-refractivity contribution is -0.0249. The van der Waals surface area contributed by atoms with Gasteiger partial charge in [0.2, 0.25) is 0 Å². The minimum absolute atomic E-state index is 0.0399. The van der Waals surface area contributed by atoms with Crippen molar-refractivity contribution >= 4 is 5.91 Å². The summed E-state index contributed by atoms with van der Waals surface area (Å²) in [5.74, 6) is 0.805. The van der Waals surface area contributed by atoms with Crippen LogP contribution in [0.4, 0.5) is 0 Å². The molecule has 1 saturated heterocycles. The molecule has 0 spiro atoms. The quantitative estimate of drug-likeness (QED) is 0.865. The van der Waals surface area contributed by atoms with E-state index in [2.05, 4.69) is 0 Å². The second-order valence-corrected chi connectivity index (χ2v) is 6.23. The number of hydrogen-bond donors (Lipinski definition) is 0. The average molecular weight is 325 g/mol. The van der Waals surface area contributed by atoms with E-state index in [1.54, 1.807) is 7.11 Å². The second kappa shape index (κ2) is 7.05. The molecule has 1 aliphatic heterocycles. The molecule has 1 heterocycles. The summed E-state index contributed by atoms with van der Waals surface area (Å²) in [5, 5.41) is 0. The zero-order chi connectivity index (χ0) is 17.1. The molecular weight excluding hydrogens is 302 g/mol. The third kappa shape index (κ3) is 3.15. The van der Waals surface area contributed by atoms with Crippen LogP contribution in [0, 0.1) is 0 Å². The van der Waals surface area contributed by atoms with Gasteiger partial charge in [-0.1, -0.05) is 30.3 Å². The minimum Gasteiger partial charge on any atom is -0.496 e. The fourth-order valence-corrected chi connectivity index (χ4v) is 3.24. The Morgan fingerprint density at radius 1 is 1.08 bits per heavy atom. The van der Waals surface area contributed by atoms with Crippen LogP contribution in [-0.2, 0) is 4.74 Å². The van der Waals surface area contributed by atoms with E-state index < -0.39 is 0 Å². The van der Waals surface area contributed by atoms with Crippen molar-refractivity contribution in [3.8, 4) is 16.9 Å². The maximum Gasteiger partial charge on any atom is 0.254 e. The van der Waals surface area contributed by atoms with Crippen molar-refractivity contribution in [3.05, 3.63) is 54.1 Å². The number of amides is 1. The first-order chi connectivity index (χ1) is 11.6. The van der Waals surface area contributed by atoms with E-state index >= 15 is 0 Å². The molecule has 126 valence electrons. The number of nitrogens with zero attached hydrogens (tertiary/aromatic N) is 1. The molecule has 24 heavy (non-hydrogen) atoms. The summed E-state index contributed by atoms with van der Waals surface area (Å²) in [4.78, 5) is 15.0. The Morgan fingerprint density at radius 3 is 2.38 bits per heavy atom. The largest absolute Gasteiger partial charge is 0.496 e. The smallest absolute Gasteiger partial charge is 0.254 e. The van der Waals surface area contributed by atoms with Gasteiger partial charge in [-0.15, -0.1) is 0 Å². The first kappa shape index (κ1) is 16.5.